The first kappa shape index (κ1) is 15.7. The van der Waals surface area contributed by atoms with Crippen molar-refractivity contribution in [1.82, 2.24) is 10.2 Å². The van der Waals surface area contributed by atoms with Gasteiger partial charge in [0.1, 0.15) is 0 Å². The monoisotopic (exact) mass is 250 g/mol. The molecule has 1 atom stereocenters. The largest absolute Gasteiger partial charge is 0.385 e. The molecule has 1 heterocycles. The Morgan fingerprint density at radius 3 is 2.81 bits per heavy atom. The standard InChI is InChI=1S/C11H22N2O2.ClH/c1-13(8-5-9-15-2)11(14)10-6-3-4-7-12-10;/h10,12H,3-9H2,1-2H3;1H. The van der Waals surface area contributed by atoms with Gasteiger partial charge in [0.25, 0.3) is 0 Å². The van der Waals surface area contributed by atoms with Crippen molar-refractivity contribution in [1.29, 1.82) is 0 Å². The summed E-state index contributed by atoms with van der Waals surface area (Å²) in [5.41, 5.74) is 0. The molecule has 0 aromatic carbocycles. The van der Waals surface area contributed by atoms with Gasteiger partial charge in [-0.2, -0.15) is 0 Å². The molecule has 0 radical (unpaired) electrons. The smallest absolute Gasteiger partial charge is 0.239 e. The van der Waals surface area contributed by atoms with E-state index in [1.54, 1.807) is 7.11 Å². The van der Waals surface area contributed by atoms with E-state index in [1.807, 2.05) is 11.9 Å². The topological polar surface area (TPSA) is 41.6 Å². The third-order valence-corrected chi connectivity index (χ3v) is 2.83. The van der Waals surface area contributed by atoms with Crippen molar-refractivity contribution in [2.24, 2.45) is 0 Å². The van der Waals surface area contributed by atoms with Gasteiger partial charge in [0.15, 0.2) is 0 Å². The zero-order valence-corrected chi connectivity index (χ0v) is 11.0. The fraction of sp³-hybridized carbons (Fsp3) is 0.909. The van der Waals surface area contributed by atoms with Gasteiger partial charge >= 0.3 is 0 Å². The Balaban J connectivity index is 0.00000225. The molecular formula is C11H23ClN2O2. The second-order valence-electron chi connectivity index (χ2n) is 4.11. The minimum atomic E-state index is 0. The number of carbonyl (C=O) groups is 1. The molecule has 0 bridgehead atoms. The molecule has 0 spiro atoms. The number of hydrogen-bond donors (Lipinski definition) is 1. The van der Waals surface area contributed by atoms with Crippen LogP contribution in [0.4, 0.5) is 0 Å². The summed E-state index contributed by atoms with van der Waals surface area (Å²) in [7, 11) is 3.55. The molecule has 4 nitrogen and oxygen atoms in total. The quantitative estimate of drug-likeness (QED) is 0.742. The average molecular weight is 251 g/mol. The van der Waals surface area contributed by atoms with E-state index in [1.165, 1.54) is 6.42 Å². The molecule has 96 valence electrons. The maximum absolute atomic E-state index is 11.9. The fourth-order valence-corrected chi connectivity index (χ4v) is 1.88. The van der Waals surface area contributed by atoms with Crippen LogP contribution < -0.4 is 5.32 Å². The van der Waals surface area contributed by atoms with Crippen molar-refractivity contribution in [3.8, 4) is 0 Å². The highest BCUT2D eigenvalue weighted by atomic mass is 35.5. The molecule has 0 saturated carbocycles. The van der Waals surface area contributed by atoms with Crippen LogP contribution in [0.3, 0.4) is 0 Å². The first-order valence-corrected chi connectivity index (χ1v) is 5.73. The third-order valence-electron chi connectivity index (χ3n) is 2.83. The predicted octanol–water partition coefficient (Wildman–Crippen LogP) is 1.05. The molecule has 0 aromatic rings. The number of nitrogens with one attached hydrogen (secondary N) is 1. The highest BCUT2D eigenvalue weighted by molar-refractivity contribution is 5.85. The lowest BCUT2D eigenvalue weighted by Crippen LogP contribution is -2.47. The lowest BCUT2D eigenvalue weighted by molar-refractivity contribution is -0.132. The van der Waals surface area contributed by atoms with Crippen molar-refractivity contribution < 1.29 is 9.53 Å². The normalized spacial score (nSPS) is 20.0. The highest BCUT2D eigenvalue weighted by Gasteiger charge is 2.22. The van der Waals surface area contributed by atoms with Gasteiger partial charge in [-0.1, -0.05) is 6.42 Å². The number of amides is 1. The van der Waals surface area contributed by atoms with Crippen molar-refractivity contribution in [3.63, 3.8) is 0 Å². The molecule has 1 saturated heterocycles. The van der Waals surface area contributed by atoms with E-state index in [4.69, 9.17) is 4.74 Å². The van der Waals surface area contributed by atoms with Crippen molar-refractivity contribution in [2.75, 3.05) is 33.9 Å². The SMILES string of the molecule is COCCCN(C)C(=O)C1CCCCN1.Cl. The molecule has 1 aliphatic heterocycles. The number of rotatable bonds is 5. The van der Waals surface area contributed by atoms with Gasteiger partial charge in [0, 0.05) is 27.3 Å². The van der Waals surface area contributed by atoms with E-state index in [2.05, 4.69) is 5.32 Å². The lowest BCUT2D eigenvalue weighted by Gasteiger charge is -2.27. The predicted molar refractivity (Wildman–Crippen MR) is 67.0 cm³/mol. The number of methoxy groups -OCH3 is 1. The van der Waals surface area contributed by atoms with E-state index >= 15 is 0 Å². The Hall–Kier alpha value is -0.320. The third kappa shape index (κ3) is 5.14. The van der Waals surface area contributed by atoms with Crippen LogP contribution in [0.15, 0.2) is 0 Å². The first-order valence-electron chi connectivity index (χ1n) is 5.73. The van der Waals surface area contributed by atoms with Gasteiger partial charge in [-0.05, 0) is 25.8 Å². The van der Waals surface area contributed by atoms with E-state index in [0.29, 0.717) is 0 Å². The minimum absolute atomic E-state index is 0. The summed E-state index contributed by atoms with van der Waals surface area (Å²) in [6.07, 6.45) is 4.24. The molecule has 1 rings (SSSR count). The lowest BCUT2D eigenvalue weighted by atomic mass is 10.0. The summed E-state index contributed by atoms with van der Waals surface area (Å²) >= 11 is 0. The number of carbonyl (C=O) groups excluding carboxylic acids is 1. The summed E-state index contributed by atoms with van der Waals surface area (Å²) in [5.74, 6) is 0.228. The minimum Gasteiger partial charge on any atom is -0.385 e. The van der Waals surface area contributed by atoms with Gasteiger partial charge in [-0.3, -0.25) is 4.79 Å². The molecule has 1 amide bonds. The van der Waals surface area contributed by atoms with Crippen LogP contribution in [0.1, 0.15) is 25.7 Å². The van der Waals surface area contributed by atoms with Crippen LogP contribution in [0.5, 0.6) is 0 Å². The Labute approximate surface area is 104 Å². The summed E-state index contributed by atoms with van der Waals surface area (Å²) in [4.78, 5) is 13.7. The van der Waals surface area contributed by atoms with Crippen molar-refractivity contribution in [3.05, 3.63) is 0 Å². The summed E-state index contributed by atoms with van der Waals surface area (Å²) in [6, 6.07) is 0.0475. The average Bonchev–Trinajstić information content (AvgIpc) is 2.29. The summed E-state index contributed by atoms with van der Waals surface area (Å²) in [6.45, 7) is 2.48. The van der Waals surface area contributed by atoms with Crippen LogP contribution in [0.2, 0.25) is 0 Å². The van der Waals surface area contributed by atoms with E-state index in [9.17, 15) is 4.79 Å². The van der Waals surface area contributed by atoms with Crippen molar-refractivity contribution >= 4 is 18.3 Å². The molecule has 1 unspecified atom stereocenters. The zero-order valence-electron chi connectivity index (χ0n) is 10.2. The van der Waals surface area contributed by atoms with Gasteiger partial charge in [-0.15, -0.1) is 12.4 Å². The number of hydrogen-bond acceptors (Lipinski definition) is 3. The molecular weight excluding hydrogens is 228 g/mol. The molecule has 1 aliphatic rings. The molecule has 5 heteroatoms. The molecule has 16 heavy (non-hydrogen) atoms. The summed E-state index contributed by atoms with van der Waals surface area (Å²) in [5, 5.41) is 3.27. The number of likely N-dealkylation sites (N-methyl/N-ethyl adjacent to an activating group) is 1. The van der Waals surface area contributed by atoms with Crippen LogP contribution in [-0.2, 0) is 9.53 Å². The van der Waals surface area contributed by atoms with Crippen LogP contribution in [0.25, 0.3) is 0 Å². The molecule has 1 fully saturated rings. The van der Waals surface area contributed by atoms with Gasteiger partial charge in [0.05, 0.1) is 6.04 Å². The second-order valence-corrected chi connectivity index (χ2v) is 4.11. The number of ether oxygens (including phenoxy) is 1. The van der Waals surface area contributed by atoms with Gasteiger partial charge in [0.2, 0.25) is 5.91 Å². The van der Waals surface area contributed by atoms with E-state index < -0.39 is 0 Å². The molecule has 1 N–H and O–H groups in total. The maximum atomic E-state index is 11.9. The van der Waals surface area contributed by atoms with Crippen molar-refractivity contribution in [2.45, 2.75) is 31.7 Å². The van der Waals surface area contributed by atoms with Gasteiger partial charge < -0.3 is 15.0 Å². The number of piperidine rings is 1. The second kappa shape index (κ2) is 8.79. The Morgan fingerprint density at radius 2 is 2.25 bits per heavy atom. The molecule has 0 aromatic heterocycles. The zero-order chi connectivity index (χ0) is 11.1. The fourth-order valence-electron chi connectivity index (χ4n) is 1.88. The molecule has 0 aliphatic carbocycles. The van der Waals surface area contributed by atoms with Crippen LogP contribution >= 0.6 is 12.4 Å². The highest BCUT2D eigenvalue weighted by Crippen LogP contribution is 2.09. The Bertz CT molecular complexity index is 196. The Kier molecular flexibility index (Phi) is 8.61. The number of halogens is 1. The van der Waals surface area contributed by atoms with E-state index in [0.717, 1.165) is 39.0 Å². The Morgan fingerprint density at radius 1 is 1.50 bits per heavy atom. The van der Waals surface area contributed by atoms with Crippen LogP contribution in [-0.4, -0.2) is 50.7 Å². The van der Waals surface area contributed by atoms with E-state index in [-0.39, 0.29) is 24.4 Å². The van der Waals surface area contributed by atoms with Gasteiger partial charge in [-0.25, -0.2) is 0 Å². The first-order chi connectivity index (χ1) is 7.25. The maximum Gasteiger partial charge on any atom is 0.239 e. The van der Waals surface area contributed by atoms with Crippen LogP contribution in [0, 0.1) is 0 Å². The summed E-state index contributed by atoms with van der Waals surface area (Å²) < 4.78 is 4.96. The number of nitrogens with zero attached hydrogens (tertiary/aromatic N) is 1.